The average molecular weight is 280 g/mol. The predicted molar refractivity (Wildman–Crippen MR) is 55.6 cm³/mol. The third-order valence-electron chi connectivity index (χ3n) is 1.78. The SMILES string of the molecule is CCCCCOCCCCC.[Sb]. The van der Waals surface area contributed by atoms with Crippen molar-refractivity contribution < 1.29 is 4.74 Å². The molecule has 0 saturated heterocycles. The average Bonchev–Trinajstić information content (AvgIpc) is 2.03. The monoisotopic (exact) mass is 279 g/mol. The molecule has 73 valence electrons. The normalized spacial score (nSPS) is 9.50. The maximum atomic E-state index is 5.44. The summed E-state index contributed by atoms with van der Waals surface area (Å²) < 4.78 is 5.44. The third kappa shape index (κ3) is 13.4. The van der Waals surface area contributed by atoms with Gasteiger partial charge in [0.25, 0.3) is 0 Å². The molecule has 0 spiro atoms. The first kappa shape index (κ1) is 15.3. The van der Waals surface area contributed by atoms with E-state index in [1.54, 1.807) is 0 Å². The van der Waals surface area contributed by atoms with E-state index in [-0.39, 0.29) is 24.4 Å². The second-order valence-corrected chi connectivity index (χ2v) is 3.03. The third-order valence-corrected chi connectivity index (χ3v) is 1.78. The molecule has 0 aromatic rings. The first-order valence-corrected chi connectivity index (χ1v) is 4.99. The second kappa shape index (κ2) is 14.3. The van der Waals surface area contributed by atoms with Crippen molar-refractivity contribution in [3.63, 3.8) is 0 Å². The Morgan fingerprint density at radius 1 is 0.750 bits per heavy atom. The van der Waals surface area contributed by atoms with Crippen molar-refractivity contribution in [1.29, 1.82) is 0 Å². The van der Waals surface area contributed by atoms with Crippen LogP contribution in [0.25, 0.3) is 0 Å². The van der Waals surface area contributed by atoms with Crippen molar-refractivity contribution in [2.45, 2.75) is 52.4 Å². The van der Waals surface area contributed by atoms with Crippen LogP contribution in [0.15, 0.2) is 0 Å². The molecule has 0 rings (SSSR count). The summed E-state index contributed by atoms with van der Waals surface area (Å²) in [7, 11) is 0. The van der Waals surface area contributed by atoms with E-state index >= 15 is 0 Å². The Morgan fingerprint density at radius 2 is 1.17 bits per heavy atom. The zero-order chi connectivity index (χ0) is 8.36. The van der Waals surface area contributed by atoms with Crippen molar-refractivity contribution in [2.24, 2.45) is 0 Å². The summed E-state index contributed by atoms with van der Waals surface area (Å²) in [4.78, 5) is 0. The number of rotatable bonds is 8. The van der Waals surface area contributed by atoms with Gasteiger partial charge in [-0.05, 0) is 12.8 Å². The van der Waals surface area contributed by atoms with Gasteiger partial charge in [0.2, 0.25) is 0 Å². The Kier molecular flexibility index (Phi) is 18.2. The van der Waals surface area contributed by atoms with Crippen LogP contribution in [-0.4, -0.2) is 37.6 Å². The summed E-state index contributed by atoms with van der Waals surface area (Å²) >= 11 is 0. The second-order valence-electron chi connectivity index (χ2n) is 3.03. The molecule has 0 N–H and O–H groups in total. The fraction of sp³-hybridized carbons (Fsp3) is 1.00. The van der Waals surface area contributed by atoms with E-state index in [1.165, 1.54) is 38.5 Å². The minimum absolute atomic E-state index is 0. The van der Waals surface area contributed by atoms with Crippen molar-refractivity contribution in [3.8, 4) is 0 Å². The zero-order valence-corrected chi connectivity index (χ0v) is 11.1. The summed E-state index contributed by atoms with van der Waals surface area (Å²) in [6.07, 6.45) is 7.68. The van der Waals surface area contributed by atoms with Gasteiger partial charge in [-0.1, -0.05) is 39.5 Å². The Balaban J connectivity index is 0. The topological polar surface area (TPSA) is 9.23 Å². The molecule has 1 nitrogen and oxygen atoms in total. The van der Waals surface area contributed by atoms with E-state index in [2.05, 4.69) is 13.8 Å². The van der Waals surface area contributed by atoms with Crippen molar-refractivity contribution in [1.82, 2.24) is 0 Å². The largest absolute Gasteiger partial charge is 0.381 e. The standard InChI is InChI=1S/C10H22O.Sb/c1-3-5-7-9-11-10-8-6-4-2;/h3-10H2,1-2H3;. The smallest absolute Gasteiger partial charge is 0.0466 e. The number of hydrogen-bond donors (Lipinski definition) is 0. The molecular weight excluding hydrogens is 258 g/mol. The van der Waals surface area contributed by atoms with Gasteiger partial charge in [0, 0.05) is 37.6 Å². The Hall–Kier alpha value is 0.778. The minimum atomic E-state index is 0. The maximum absolute atomic E-state index is 5.44. The summed E-state index contributed by atoms with van der Waals surface area (Å²) in [5.74, 6) is 0. The van der Waals surface area contributed by atoms with Crippen molar-refractivity contribution >= 4 is 24.4 Å². The van der Waals surface area contributed by atoms with E-state index in [1.807, 2.05) is 0 Å². The van der Waals surface area contributed by atoms with Crippen LogP contribution in [0.2, 0.25) is 0 Å². The van der Waals surface area contributed by atoms with E-state index in [4.69, 9.17) is 4.74 Å². The van der Waals surface area contributed by atoms with Crippen LogP contribution in [0, 0.1) is 0 Å². The van der Waals surface area contributed by atoms with E-state index in [0.717, 1.165) is 13.2 Å². The molecule has 0 heterocycles. The van der Waals surface area contributed by atoms with Crippen LogP contribution in [-0.2, 0) is 4.74 Å². The number of hydrogen-bond acceptors (Lipinski definition) is 1. The molecular formula is C10H22OSb. The van der Waals surface area contributed by atoms with Crippen LogP contribution in [0.5, 0.6) is 0 Å². The van der Waals surface area contributed by atoms with Crippen molar-refractivity contribution in [2.75, 3.05) is 13.2 Å². The summed E-state index contributed by atoms with van der Waals surface area (Å²) in [5, 5.41) is 0. The van der Waals surface area contributed by atoms with Gasteiger partial charge in [0.1, 0.15) is 0 Å². The molecule has 12 heavy (non-hydrogen) atoms. The van der Waals surface area contributed by atoms with Crippen LogP contribution in [0.3, 0.4) is 0 Å². The predicted octanol–water partition coefficient (Wildman–Crippen LogP) is 3.00. The summed E-state index contributed by atoms with van der Waals surface area (Å²) in [6, 6.07) is 0. The van der Waals surface area contributed by atoms with Gasteiger partial charge in [-0.3, -0.25) is 0 Å². The van der Waals surface area contributed by atoms with Gasteiger partial charge >= 0.3 is 0 Å². The van der Waals surface area contributed by atoms with Crippen LogP contribution < -0.4 is 0 Å². The Morgan fingerprint density at radius 3 is 1.50 bits per heavy atom. The molecule has 0 fully saturated rings. The molecule has 0 aliphatic heterocycles. The number of unbranched alkanes of at least 4 members (excludes halogenated alkanes) is 4. The first-order valence-electron chi connectivity index (χ1n) is 4.99. The van der Waals surface area contributed by atoms with Gasteiger partial charge in [-0.15, -0.1) is 0 Å². The van der Waals surface area contributed by atoms with Crippen LogP contribution in [0.1, 0.15) is 52.4 Å². The molecule has 0 aliphatic rings. The van der Waals surface area contributed by atoms with Gasteiger partial charge in [0.05, 0.1) is 0 Å². The quantitative estimate of drug-likeness (QED) is 0.490. The molecule has 0 aromatic heterocycles. The molecule has 0 bridgehead atoms. The molecule has 0 aliphatic carbocycles. The van der Waals surface area contributed by atoms with Crippen LogP contribution in [0.4, 0.5) is 0 Å². The van der Waals surface area contributed by atoms with E-state index in [9.17, 15) is 0 Å². The molecule has 0 atom stereocenters. The molecule has 0 aromatic carbocycles. The Labute approximate surface area is 94.7 Å². The molecule has 2 heteroatoms. The fourth-order valence-corrected chi connectivity index (χ4v) is 1.01. The summed E-state index contributed by atoms with van der Waals surface area (Å²) in [5.41, 5.74) is 0. The molecule has 0 unspecified atom stereocenters. The minimum Gasteiger partial charge on any atom is -0.381 e. The molecule has 0 amide bonds. The summed E-state index contributed by atoms with van der Waals surface area (Å²) in [6.45, 7) is 6.38. The molecule has 3 radical (unpaired) electrons. The van der Waals surface area contributed by atoms with E-state index < -0.39 is 0 Å². The van der Waals surface area contributed by atoms with Crippen molar-refractivity contribution in [3.05, 3.63) is 0 Å². The maximum Gasteiger partial charge on any atom is 0.0466 e. The zero-order valence-electron chi connectivity index (χ0n) is 8.51. The van der Waals surface area contributed by atoms with Gasteiger partial charge < -0.3 is 4.74 Å². The van der Waals surface area contributed by atoms with Gasteiger partial charge in [-0.2, -0.15) is 0 Å². The molecule has 0 saturated carbocycles. The van der Waals surface area contributed by atoms with Gasteiger partial charge in [-0.25, -0.2) is 0 Å². The van der Waals surface area contributed by atoms with E-state index in [0.29, 0.717) is 0 Å². The number of ether oxygens (including phenoxy) is 1. The van der Waals surface area contributed by atoms with Gasteiger partial charge in [0.15, 0.2) is 0 Å². The Bertz CT molecular complexity index is 58.9. The van der Waals surface area contributed by atoms with Crippen LogP contribution >= 0.6 is 0 Å². The fourth-order valence-electron chi connectivity index (χ4n) is 1.01. The first-order chi connectivity index (χ1) is 5.41.